The van der Waals surface area contributed by atoms with Gasteiger partial charge in [-0.05, 0) is 12.5 Å². The van der Waals surface area contributed by atoms with Crippen LogP contribution in [0.15, 0.2) is 30.3 Å². The zero-order chi connectivity index (χ0) is 16.8. The number of carbonyl (C=O) groups excluding carboxylic acids is 1. The summed E-state index contributed by atoms with van der Waals surface area (Å²) in [5.41, 5.74) is 2.09. The van der Waals surface area contributed by atoms with Gasteiger partial charge >= 0.3 is 5.97 Å². The van der Waals surface area contributed by atoms with Crippen LogP contribution in [0.4, 0.5) is 5.00 Å². The summed E-state index contributed by atoms with van der Waals surface area (Å²) in [4.78, 5) is 23.0. The van der Waals surface area contributed by atoms with Crippen LogP contribution in [0.25, 0.3) is 11.1 Å². The van der Waals surface area contributed by atoms with Crippen LogP contribution in [0.3, 0.4) is 0 Å². The van der Waals surface area contributed by atoms with Gasteiger partial charge in [0.1, 0.15) is 24.3 Å². The van der Waals surface area contributed by atoms with E-state index < -0.39 is 18.5 Å². The maximum Gasteiger partial charge on any atom is 0.329 e. The van der Waals surface area contributed by atoms with E-state index in [1.807, 2.05) is 37.3 Å². The molecular weight excluding hydrogens is 316 g/mol. The largest absolute Gasteiger partial charge is 0.480 e. The molecule has 7 heteroatoms. The van der Waals surface area contributed by atoms with E-state index in [-0.39, 0.29) is 6.61 Å². The number of nitriles is 1. The van der Waals surface area contributed by atoms with Crippen molar-refractivity contribution < 1.29 is 19.4 Å². The molecule has 0 unspecified atom stereocenters. The number of carbonyl (C=O) groups is 2. The van der Waals surface area contributed by atoms with E-state index in [9.17, 15) is 14.9 Å². The van der Waals surface area contributed by atoms with E-state index >= 15 is 0 Å². The third kappa shape index (κ3) is 4.16. The van der Waals surface area contributed by atoms with Crippen LogP contribution in [-0.2, 0) is 14.3 Å². The van der Waals surface area contributed by atoms with Crippen molar-refractivity contribution in [2.45, 2.75) is 6.92 Å². The highest BCUT2D eigenvalue weighted by molar-refractivity contribution is 7.17. The molecule has 0 aliphatic heterocycles. The molecule has 1 aromatic heterocycles. The van der Waals surface area contributed by atoms with Gasteiger partial charge < -0.3 is 15.2 Å². The van der Waals surface area contributed by atoms with E-state index in [4.69, 9.17) is 9.84 Å². The smallest absolute Gasteiger partial charge is 0.329 e. The molecule has 23 heavy (non-hydrogen) atoms. The Labute approximate surface area is 136 Å². The molecule has 0 bridgehead atoms. The number of hydrogen-bond donors (Lipinski definition) is 2. The average Bonchev–Trinajstić information content (AvgIpc) is 2.82. The number of nitrogens with one attached hydrogen (secondary N) is 1. The summed E-state index contributed by atoms with van der Waals surface area (Å²) in [5, 5.41) is 20.9. The molecule has 1 amide bonds. The van der Waals surface area contributed by atoms with Gasteiger partial charge in [0.2, 0.25) is 0 Å². The second-order valence-corrected chi connectivity index (χ2v) is 5.87. The van der Waals surface area contributed by atoms with Gasteiger partial charge in [0.25, 0.3) is 5.91 Å². The van der Waals surface area contributed by atoms with Gasteiger partial charge in [-0.1, -0.05) is 30.3 Å². The Balaban J connectivity index is 2.20. The van der Waals surface area contributed by atoms with Gasteiger partial charge in [0, 0.05) is 10.4 Å². The number of hydrogen-bond acceptors (Lipinski definition) is 5. The minimum atomic E-state index is -1.14. The summed E-state index contributed by atoms with van der Waals surface area (Å²) in [5.74, 6) is -1.64. The number of ether oxygens (including phenoxy) is 1. The predicted molar refractivity (Wildman–Crippen MR) is 86.3 cm³/mol. The van der Waals surface area contributed by atoms with E-state index in [1.54, 1.807) is 0 Å². The van der Waals surface area contributed by atoms with E-state index in [0.29, 0.717) is 10.6 Å². The van der Waals surface area contributed by atoms with Gasteiger partial charge in [-0.3, -0.25) is 4.79 Å². The predicted octanol–water partition coefficient (Wildman–Crippen LogP) is 2.63. The fourth-order valence-electron chi connectivity index (χ4n) is 2.09. The second-order valence-electron chi connectivity index (χ2n) is 4.65. The van der Waals surface area contributed by atoms with Crippen molar-refractivity contribution in [3.63, 3.8) is 0 Å². The molecule has 6 nitrogen and oxygen atoms in total. The maximum absolute atomic E-state index is 11.8. The lowest BCUT2D eigenvalue weighted by molar-refractivity contribution is -0.143. The van der Waals surface area contributed by atoms with Crippen molar-refractivity contribution in [1.29, 1.82) is 5.26 Å². The molecule has 2 rings (SSSR count). The molecule has 0 saturated carbocycles. The summed E-state index contributed by atoms with van der Waals surface area (Å²) < 4.78 is 4.73. The van der Waals surface area contributed by atoms with Gasteiger partial charge in [0.15, 0.2) is 0 Å². The molecule has 2 N–H and O–H groups in total. The van der Waals surface area contributed by atoms with Gasteiger partial charge in [-0.15, -0.1) is 11.3 Å². The first-order chi connectivity index (χ1) is 11.0. The van der Waals surface area contributed by atoms with Crippen molar-refractivity contribution in [2.24, 2.45) is 0 Å². The van der Waals surface area contributed by atoms with Crippen molar-refractivity contribution >= 4 is 28.2 Å². The minimum absolute atomic E-state index is 0.380. The Bertz CT molecular complexity index is 762. The average molecular weight is 330 g/mol. The molecule has 118 valence electrons. The number of aryl methyl sites for hydroxylation is 1. The zero-order valence-corrected chi connectivity index (χ0v) is 13.1. The minimum Gasteiger partial charge on any atom is -0.480 e. The zero-order valence-electron chi connectivity index (χ0n) is 12.3. The lowest BCUT2D eigenvalue weighted by atomic mass is 10.0. The standard InChI is InChI=1S/C16H14N2O4S/c1-10-15(11-5-3-2-4-6-11)12(7-17)16(23-10)18-13(19)8-22-9-14(20)21/h2-6H,8-9H2,1H3,(H,18,19)(H,20,21). The number of carboxylic acids is 1. The summed E-state index contributed by atoms with van der Waals surface area (Å²) in [6.07, 6.45) is 0. The third-order valence-corrected chi connectivity index (χ3v) is 3.99. The number of nitrogens with zero attached hydrogens (tertiary/aromatic N) is 1. The lowest BCUT2D eigenvalue weighted by Crippen LogP contribution is -2.20. The van der Waals surface area contributed by atoms with Crippen molar-refractivity contribution in [2.75, 3.05) is 18.5 Å². The van der Waals surface area contributed by atoms with E-state index in [1.165, 1.54) is 11.3 Å². The quantitative estimate of drug-likeness (QED) is 0.848. The summed E-state index contributed by atoms with van der Waals surface area (Å²) in [7, 11) is 0. The van der Waals surface area contributed by atoms with Crippen molar-refractivity contribution in [1.82, 2.24) is 0 Å². The highest BCUT2D eigenvalue weighted by Gasteiger charge is 2.18. The second kappa shape index (κ2) is 7.54. The molecule has 1 aromatic carbocycles. The molecular formula is C16H14N2O4S. The summed E-state index contributed by atoms with van der Waals surface area (Å²) in [6, 6.07) is 11.6. The summed E-state index contributed by atoms with van der Waals surface area (Å²) >= 11 is 1.30. The first-order valence-corrected chi connectivity index (χ1v) is 7.53. The number of anilines is 1. The first kappa shape index (κ1) is 16.7. The number of rotatable bonds is 6. The van der Waals surface area contributed by atoms with Gasteiger partial charge in [-0.25, -0.2) is 4.79 Å². The van der Waals surface area contributed by atoms with Crippen LogP contribution < -0.4 is 5.32 Å². The Morgan fingerprint density at radius 2 is 2.00 bits per heavy atom. The Morgan fingerprint density at radius 1 is 1.30 bits per heavy atom. The summed E-state index contributed by atoms with van der Waals surface area (Å²) in [6.45, 7) is 0.955. The number of carboxylic acid groups (broad SMARTS) is 1. The SMILES string of the molecule is Cc1sc(NC(=O)COCC(=O)O)c(C#N)c1-c1ccccc1. The molecule has 0 fully saturated rings. The Morgan fingerprint density at radius 3 is 2.61 bits per heavy atom. The molecule has 0 atom stereocenters. The van der Waals surface area contributed by atoms with Crippen LogP contribution in [0.5, 0.6) is 0 Å². The number of benzene rings is 1. The van der Waals surface area contributed by atoms with Crippen LogP contribution in [0, 0.1) is 18.3 Å². The highest BCUT2D eigenvalue weighted by Crippen LogP contribution is 2.39. The molecule has 0 spiro atoms. The topological polar surface area (TPSA) is 99.4 Å². The van der Waals surface area contributed by atoms with Crippen LogP contribution >= 0.6 is 11.3 Å². The molecule has 0 aliphatic rings. The van der Waals surface area contributed by atoms with Crippen LogP contribution in [-0.4, -0.2) is 30.2 Å². The first-order valence-electron chi connectivity index (χ1n) is 6.71. The molecule has 1 heterocycles. The van der Waals surface area contributed by atoms with Gasteiger partial charge in [-0.2, -0.15) is 5.26 Å². The molecule has 0 saturated heterocycles. The third-order valence-electron chi connectivity index (χ3n) is 2.97. The fourth-order valence-corrected chi connectivity index (χ4v) is 3.13. The van der Waals surface area contributed by atoms with Gasteiger partial charge in [0.05, 0.1) is 5.56 Å². The fraction of sp³-hybridized carbons (Fsp3) is 0.188. The number of aliphatic carboxylic acids is 1. The van der Waals surface area contributed by atoms with Crippen molar-refractivity contribution in [3.05, 3.63) is 40.8 Å². The van der Waals surface area contributed by atoms with Crippen LogP contribution in [0.2, 0.25) is 0 Å². The molecule has 2 aromatic rings. The maximum atomic E-state index is 11.8. The monoisotopic (exact) mass is 330 g/mol. The van der Waals surface area contributed by atoms with Crippen molar-refractivity contribution in [3.8, 4) is 17.2 Å². The molecule has 0 aliphatic carbocycles. The number of thiophene rings is 1. The Hall–Kier alpha value is -2.69. The Kier molecular flexibility index (Phi) is 5.46. The van der Waals surface area contributed by atoms with E-state index in [2.05, 4.69) is 11.4 Å². The normalized spacial score (nSPS) is 10.1. The molecule has 0 radical (unpaired) electrons. The lowest BCUT2D eigenvalue weighted by Gasteiger charge is -2.04. The number of amides is 1. The van der Waals surface area contributed by atoms with Crippen LogP contribution in [0.1, 0.15) is 10.4 Å². The highest BCUT2D eigenvalue weighted by atomic mass is 32.1. The van der Waals surface area contributed by atoms with E-state index in [0.717, 1.165) is 16.0 Å².